The Bertz CT molecular complexity index is 1200. The number of hydrogen-bond acceptors (Lipinski definition) is 6. The average Bonchev–Trinajstić information content (AvgIpc) is 3.16. The van der Waals surface area contributed by atoms with E-state index in [0.717, 1.165) is 9.75 Å². The van der Waals surface area contributed by atoms with Gasteiger partial charge in [0.2, 0.25) is 6.23 Å². The quantitative estimate of drug-likeness (QED) is 0.518. The first kappa shape index (κ1) is 21.4. The summed E-state index contributed by atoms with van der Waals surface area (Å²) in [5.41, 5.74) is 0.218. The molecule has 0 fully saturated rings. The number of ether oxygens (including phenoxy) is 3. The zero-order chi connectivity index (χ0) is 22.1. The predicted molar refractivity (Wildman–Crippen MR) is 118 cm³/mol. The first-order chi connectivity index (χ1) is 14.9. The highest BCUT2D eigenvalue weighted by Gasteiger charge is 2.30. The van der Waals surface area contributed by atoms with Crippen LogP contribution in [-0.4, -0.2) is 36.0 Å². The minimum atomic E-state index is -1.29. The van der Waals surface area contributed by atoms with Gasteiger partial charge in [0.25, 0.3) is 0 Å². The number of aromatic carboxylic acids is 1. The summed E-state index contributed by atoms with van der Waals surface area (Å²) in [5.74, 6) is -0.315. The number of pyridine rings is 1. The third kappa shape index (κ3) is 4.19. The van der Waals surface area contributed by atoms with Crippen LogP contribution in [0, 0.1) is 6.92 Å². The monoisotopic (exact) mass is 461 g/mol. The van der Waals surface area contributed by atoms with Gasteiger partial charge in [-0.2, -0.15) is 0 Å². The van der Waals surface area contributed by atoms with Gasteiger partial charge in [0.1, 0.15) is 17.1 Å². The maximum absolute atomic E-state index is 12.4. The smallest absolute Gasteiger partial charge is 0.341 e. The van der Waals surface area contributed by atoms with Crippen molar-refractivity contribution >= 4 is 28.9 Å². The number of thiophene rings is 1. The Kier molecular flexibility index (Phi) is 6.04. The third-order valence-electron chi connectivity index (χ3n) is 4.87. The van der Waals surface area contributed by atoms with Crippen LogP contribution in [0.15, 0.2) is 41.3 Å². The molecule has 31 heavy (non-hydrogen) atoms. The topological polar surface area (TPSA) is 87.0 Å². The van der Waals surface area contributed by atoms with E-state index in [2.05, 4.69) is 0 Å². The molecule has 0 bridgehead atoms. The molecule has 0 aliphatic carbocycles. The van der Waals surface area contributed by atoms with E-state index in [-0.39, 0.29) is 5.56 Å². The van der Waals surface area contributed by atoms with Crippen molar-refractivity contribution < 1.29 is 24.1 Å². The molecule has 1 N–H and O–H groups in total. The standard InChI is InChI=1S/C22H20ClNO6S/c1-12-4-5-20(31-12)21-24-11-14(22(26)27)17(25)9-16(24)13-8-15(23)19(10-18(13)30-21)29-7-3-6-28-2/h4-5,8-11,21H,3,6-7H2,1-2H3,(H,26,27). The lowest BCUT2D eigenvalue weighted by molar-refractivity contribution is 0.0693. The van der Waals surface area contributed by atoms with E-state index in [1.165, 1.54) is 23.6 Å². The van der Waals surface area contributed by atoms with Crippen molar-refractivity contribution in [2.45, 2.75) is 19.6 Å². The molecule has 2 aromatic heterocycles. The van der Waals surface area contributed by atoms with Gasteiger partial charge in [0, 0.05) is 48.9 Å². The van der Waals surface area contributed by atoms with E-state index in [9.17, 15) is 14.7 Å². The van der Waals surface area contributed by atoms with Crippen molar-refractivity contribution in [3.05, 3.63) is 67.1 Å². The molecule has 4 rings (SSSR count). The van der Waals surface area contributed by atoms with Crippen LogP contribution < -0.4 is 14.9 Å². The Balaban J connectivity index is 1.83. The van der Waals surface area contributed by atoms with Crippen molar-refractivity contribution in [3.8, 4) is 22.8 Å². The van der Waals surface area contributed by atoms with Crippen LogP contribution in [0.1, 0.15) is 32.8 Å². The van der Waals surface area contributed by atoms with Crippen molar-refractivity contribution in [1.29, 1.82) is 0 Å². The molecule has 0 saturated heterocycles. The second kappa shape index (κ2) is 8.74. The number of benzene rings is 1. The largest absolute Gasteiger partial charge is 0.492 e. The van der Waals surface area contributed by atoms with Crippen LogP contribution >= 0.6 is 22.9 Å². The summed E-state index contributed by atoms with van der Waals surface area (Å²) in [6.45, 7) is 2.98. The fraction of sp³-hybridized carbons (Fsp3) is 0.273. The number of carboxylic acid groups (broad SMARTS) is 1. The summed E-state index contributed by atoms with van der Waals surface area (Å²) < 4.78 is 18.7. The SMILES string of the molecule is COCCCOc1cc2c(cc1Cl)-c1cc(=O)c(C(=O)O)cn1C(c1ccc(C)s1)O2. The van der Waals surface area contributed by atoms with Crippen LogP contribution in [-0.2, 0) is 4.74 Å². The molecule has 0 amide bonds. The van der Waals surface area contributed by atoms with Gasteiger partial charge in [0.05, 0.1) is 22.2 Å². The van der Waals surface area contributed by atoms with Crippen LogP contribution in [0.5, 0.6) is 11.5 Å². The Morgan fingerprint density at radius 2 is 2.10 bits per heavy atom. The van der Waals surface area contributed by atoms with Crippen LogP contribution in [0.3, 0.4) is 0 Å². The molecule has 9 heteroatoms. The van der Waals surface area contributed by atoms with Crippen molar-refractivity contribution in [2.75, 3.05) is 20.3 Å². The number of carbonyl (C=O) groups is 1. The molecule has 0 saturated carbocycles. The summed E-state index contributed by atoms with van der Waals surface area (Å²) in [6.07, 6.45) is 1.41. The van der Waals surface area contributed by atoms with Gasteiger partial charge in [-0.15, -0.1) is 11.3 Å². The van der Waals surface area contributed by atoms with Gasteiger partial charge in [-0.3, -0.25) is 4.79 Å². The molecule has 3 aromatic rings. The van der Waals surface area contributed by atoms with Gasteiger partial charge in [-0.1, -0.05) is 11.6 Å². The molecule has 7 nitrogen and oxygen atoms in total. The molecule has 0 spiro atoms. The number of rotatable bonds is 7. The van der Waals surface area contributed by atoms with Crippen LogP contribution in [0.2, 0.25) is 5.02 Å². The Morgan fingerprint density at radius 1 is 1.29 bits per heavy atom. The normalized spacial score (nSPS) is 14.5. The van der Waals surface area contributed by atoms with Crippen molar-refractivity contribution in [2.24, 2.45) is 0 Å². The molecule has 1 unspecified atom stereocenters. The van der Waals surface area contributed by atoms with Gasteiger partial charge in [0.15, 0.2) is 5.43 Å². The lowest BCUT2D eigenvalue weighted by atomic mass is 10.1. The van der Waals surface area contributed by atoms with Crippen molar-refractivity contribution in [3.63, 3.8) is 0 Å². The first-order valence-corrected chi connectivity index (χ1v) is 10.8. The molecule has 3 heterocycles. The number of nitrogens with zero attached hydrogens (tertiary/aromatic N) is 1. The Hall–Kier alpha value is -2.81. The molecular formula is C22H20ClNO6S. The van der Waals surface area contributed by atoms with Gasteiger partial charge >= 0.3 is 5.97 Å². The van der Waals surface area contributed by atoms with E-state index in [1.54, 1.807) is 23.8 Å². The van der Waals surface area contributed by atoms with E-state index in [4.69, 9.17) is 25.8 Å². The summed E-state index contributed by atoms with van der Waals surface area (Å²) in [6, 6.07) is 8.58. The lowest BCUT2D eigenvalue weighted by Crippen LogP contribution is -2.27. The number of methoxy groups -OCH3 is 1. The highest BCUT2D eigenvalue weighted by molar-refractivity contribution is 7.12. The number of aryl methyl sites for hydroxylation is 1. The highest BCUT2D eigenvalue weighted by Crippen LogP contribution is 2.45. The number of aromatic nitrogens is 1. The van der Waals surface area contributed by atoms with E-state index >= 15 is 0 Å². The summed E-state index contributed by atoms with van der Waals surface area (Å²) in [4.78, 5) is 26.0. The third-order valence-corrected chi connectivity index (χ3v) is 6.19. The summed E-state index contributed by atoms with van der Waals surface area (Å²) in [5, 5.41) is 9.79. The van der Waals surface area contributed by atoms with Gasteiger partial charge in [-0.05, 0) is 25.1 Å². The fourth-order valence-electron chi connectivity index (χ4n) is 3.41. The van der Waals surface area contributed by atoms with Gasteiger partial charge < -0.3 is 23.9 Å². The molecule has 0 radical (unpaired) electrons. The number of hydrogen-bond donors (Lipinski definition) is 1. The van der Waals surface area contributed by atoms with Crippen molar-refractivity contribution in [1.82, 2.24) is 4.57 Å². The number of fused-ring (bicyclic) bond motifs is 3. The summed E-state index contributed by atoms with van der Waals surface area (Å²) in [7, 11) is 1.63. The fourth-order valence-corrected chi connectivity index (χ4v) is 4.53. The zero-order valence-electron chi connectivity index (χ0n) is 16.9. The number of carboxylic acids is 1. The van der Waals surface area contributed by atoms with E-state index < -0.39 is 17.6 Å². The molecule has 1 aliphatic heterocycles. The second-order valence-electron chi connectivity index (χ2n) is 7.04. The van der Waals surface area contributed by atoms with Crippen LogP contribution in [0.4, 0.5) is 0 Å². The zero-order valence-corrected chi connectivity index (χ0v) is 18.5. The molecular weight excluding hydrogens is 442 g/mol. The maximum atomic E-state index is 12.4. The molecule has 1 aliphatic rings. The average molecular weight is 462 g/mol. The Labute approximate surface area is 187 Å². The van der Waals surface area contributed by atoms with Gasteiger partial charge in [-0.25, -0.2) is 4.79 Å². The van der Waals surface area contributed by atoms with Crippen LogP contribution in [0.25, 0.3) is 11.3 Å². The first-order valence-electron chi connectivity index (χ1n) is 9.57. The predicted octanol–water partition coefficient (Wildman–Crippen LogP) is 4.59. The van der Waals surface area contributed by atoms with E-state index in [0.29, 0.717) is 47.4 Å². The molecule has 1 atom stereocenters. The maximum Gasteiger partial charge on any atom is 0.341 e. The molecule has 162 valence electrons. The number of halogens is 1. The van der Waals surface area contributed by atoms with E-state index in [1.807, 2.05) is 19.1 Å². The Morgan fingerprint density at radius 3 is 2.77 bits per heavy atom. The lowest BCUT2D eigenvalue weighted by Gasteiger charge is -2.31. The second-order valence-corrected chi connectivity index (χ2v) is 8.77. The molecule has 1 aromatic carbocycles. The minimum Gasteiger partial charge on any atom is -0.492 e. The highest BCUT2D eigenvalue weighted by atomic mass is 35.5. The summed E-state index contributed by atoms with van der Waals surface area (Å²) >= 11 is 7.96. The minimum absolute atomic E-state index is 0.321.